The molecule has 0 radical (unpaired) electrons. The fourth-order valence-corrected chi connectivity index (χ4v) is 3.49. The normalized spacial score (nSPS) is 19.1. The number of amides is 1. The summed E-state index contributed by atoms with van der Waals surface area (Å²) in [4.78, 5) is 18.4. The van der Waals surface area contributed by atoms with Gasteiger partial charge in [-0.2, -0.15) is 11.8 Å². The highest BCUT2D eigenvalue weighted by Gasteiger charge is 2.21. The Balaban J connectivity index is 1.74. The highest BCUT2D eigenvalue weighted by atomic mass is 32.2. The van der Waals surface area contributed by atoms with Crippen molar-refractivity contribution in [3.8, 4) is 0 Å². The van der Waals surface area contributed by atoms with Gasteiger partial charge in [-0.1, -0.05) is 6.92 Å². The number of hydrogen-bond donors (Lipinski definition) is 2. The summed E-state index contributed by atoms with van der Waals surface area (Å²) in [5.41, 5.74) is 0. The zero-order valence-corrected chi connectivity index (χ0v) is 14.0. The first-order chi connectivity index (χ1) is 10.7. The van der Waals surface area contributed by atoms with Crippen LogP contribution in [0.25, 0.3) is 0 Å². The summed E-state index contributed by atoms with van der Waals surface area (Å²) in [5.74, 6) is 2.57. The SMILES string of the molecule is CCC1CN(C(=NC)NCC(=O)NCc2ccco2)CCS1. The van der Waals surface area contributed by atoms with Crippen LogP contribution < -0.4 is 10.6 Å². The van der Waals surface area contributed by atoms with E-state index in [0.29, 0.717) is 11.8 Å². The second-order valence-corrected chi connectivity index (χ2v) is 6.51. The first-order valence-corrected chi connectivity index (χ1v) is 8.64. The first-order valence-electron chi connectivity index (χ1n) is 7.59. The van der Waals surface area contributed by atoms with Crippen LogP contribution in [-0.4, -0.2) is 54.5 Å². The molecule has 2 rings (SSSR count). The van der Waals surface area contributed by atoms with E-state index in [1.165, 1.54) is 0 Å². The maximum Gasteiger partial charge on any atom is 0.239 e. The molecule has 122 valence electrons. The largest absolute Gasteiger partial charge is 0.467 e. The summed E-state index contributed by atoms with van der Waals surface area (Å²) in [6.07, 6.45) is 2.75. The Labute approximate surface area is 135 Å². The van der Waals surface area contributed by atoms with E-state index < -0.39 is 0 Å². The fraction of sp³-hybridized carbons (Fsp3) is 0.600. The lowest BCUT2D eigenvalue weighted by Crippen LogP contribution is -2.50. The molecule has 1 fully saturated rings. The van der Waals surface area contributed by atoms with E-state index >= 15 is 0 Å². The third-order valence-corrected chi connectivity index (χ3v) is 4.92. The lowest BCUT2D eigenvalue weighted by molar-refractivity contribution is -0.120. The van der Waals surface area contributed by atoms with Gasteiger partial charge in [-0.3, -0.25) is 9.79 Å². The summed E-state index contributed by atoms with van der Waals surface area (Å²) >= 11 is 2.01. The lowest BCUT2D eigenvalue weighted by Gasteiger charge is -2.34. The Morgan fingerprint density at radius 3 is 3.09 bits per heavy atom. The van der Waals surface area contributed by atoms with Crippen LogP contribution in [0.1, 0.15) is 19.1 Å². The third kappa shape index (κ3) is 4.98. The van der Waals surface area contributed by atoms with Gasteiger partial charge < -0.3 is 20.0 Å². The zero-order valence-electron chi connectivity index (χ0n) is 13.2. The zero-order chi connectivity index (χ0) is 15.8. The predicted octanol–water partition coefficient (Wildman–Crippen LogP) is 1.30. The van der Waals surface area contributed by atoms with E-state index in [-0.39, 0.29) is 12.5 Å². The van der Waals surface area contributed by atoms with Gasteiger partial charge in [0.1, 0.15) is 5.76 Å². The second-order valence-electron chi connectivity index (χ2n) is 5.10. The quantitative estimate of drug-likeness (QED) is 0.631. The number of nitrogens with one attached hydrogen (secondary N) is 2. The molecule has 22 heavy (non-hydrogen) atoms. The van der Waals surface area contributed by atoms with Crippen molar-refractivity contribution in [2.75, 3.05) is 32.4 Å². The van der Waals surface area contributed by atoms with Gasteiger partial charge in [0.2, 0.25) is 5.91 Å². The van der Waals surface area contributed by atoms with Crippen LogP contribution in [0.15, 0.2) is 27.8 Å². The molecule has 1 unspecified atom stereocenters. The molecular weight excluding hydrogens is 300 g/mol. The smallest absolute Gasteiger partial charge is 0.239 e. The molecule has 7 heteroatoms. The highest BCUT2D eigenvalue weighted by molar-refractivity contribution is 8.00. The number of rotatable bonds is 5. The summed E-state index contributed by atoms with van der Waals surface area (Å²) in [7, 11) is 1.76. The Kier molecular flexibility index (Phi) is 6.64. The molecular formula is C15H24N4O2S. The molecule has 0 bridgehead atoms. The minimum atomic E-state index is -0.0732. The van der Waals surface area contributed by atoms with E-state index in [2.05, 4.69) is 27.4 Å². The summed E-state index contributed by atoms with van der Waals surface area (Å²) in [6.45, 7) is 4.78. The summed E-state index contributed by atoms with van der Waals surface area (Å²) in [5, 5.41) is 6.59. The van der Waals surface area contributed by atoms with Crippen LogP contribution in [0, 0.1) is 0 Å². The molecule has 0 aromatic carbocycles. The van der Waals surface area contributed by atoms with Crippen molar-refractivity contribution < 1.29 is 9.21 Å². The van der Waals surface area contributed by atoms with E-state index in [9.17, 15) is 4.79 Å². The van der Waals surface area contributed by atoms with E-state index in [0.717, 1.165) is 37.0 Å². The van der Waals surface area contributed by atoms with Gasteiger partial charge in [-0.15, -0.1) is 0 Å². The Morgan fingerprint density at radius 1 is 1.55 bits per heavy atom. The molecule has 1 aromatic heterocycles. The van der Waals surface area contributed by atoms with Gasteiger partial charge in [0.05, 0.1) is 19.4 Å². The van der Waals surface area contributed by atoms with Crippen LogP contribution in [0.2, 0.25) is 0 Å². The number of carbonyl (C=O) groups excluding carboxylic acids is 1. The average molecular weight is 324 g/mol. The number of thioether (sulfide) groups is 1. The van der Waals surface area contributed by atoms with Gasteiger partial charge >= 0.3 is 0 Å². The fourth-order valence-electron chi connectivity index (χ4n) is 2.31. The van der Waals surface area contributed by atoms with Crippen molar-refractivity contribution in [3.63, 3.8) is 0 Å². The molecule has 1 atom stereocenters. The summed E-state index contributed by atoms with van der Waals surface area (Å²) in [6, 6.07) is 3.64. The molecule has 2 heterocycles. The molecule has 1 aromatic rings. The minimum absolute atomic E-state index is 0.0732. The Morgan fingerprint density at radius 2 is 2.41 bits per heavy atom. The monoisotopic (exact) mass is 324 g/mol. The van der Waals surface area contributed by atoms with E-state index in [4.69, 9.17) is 4.42 Å². The van der Waals surface area contributed by atoms with Crippen molar-refractivity contribution in [3.05, 3.63) is 24.2 Å². The third-order valence-electron chi connectivity index (χ3n) is 3.55. The molecule has 1 amide bonds. The summed E-state index contributed by atoms with van der Waals surface area (Å²) < 4.78 is 5.18. The van der Waals surface area contributed by atoms with Crippen LogP contribution in [0.3, 0.4) is 0 Å². The minimum Gasteiger partial charge on any atom is -0.467 e. The van der Waals surface area contributed by atoms with Crippen LogP contribution in [-0.2, 0) is 11.3 Å². The average Bonchev–Trinajstić information content (AvgIpc) is 3.07. The number of carbonyl (C=O) groups is 1. The molecule has 0 spiro atoms. The molecule has 2 N–H and O–H groups in total. The molecule has 0 saturated carbocycles. The molecule has 6 nitrogen and oxygen atoms in total. The van der Waals surface area contributed by atoms with Gasteiger partial charge in [-0.05, 0) is 18.6 Å². The Hall–Kier alpha value is -1.63. The number of aliphatic imine (C=N–C) groups is 1. The van der Waals surface area contributed by atoms with E-state index in [1.807, 2.05) is 17.8 Å². The van der Waals surface area contributed by atoms with E-state index in [1.54, 1.807) is 19.4 Å². The first kappa shape index (κ1) is 16.7. The van der Waals surface area contributed by atoms with Crippen molar-refractivity contribution in [2.24, 2.45) is 4.99 Å². The maximum absolute atomic E-state index is 11.9. The molecule has 1 aliphatic rings. The van der Waals surface area contributed by atoms with Crippen molar-refractivity contribution >= 4 is 23.6 Å². The van der Waals surface area contributed by atoms with Gasteiger partial charge in [0, 0.05) is 31.1 Å². The van der Waals surface area contributed by atoms with Crippen LogP contribution in [0.5, 0.6) is 0 Å². The molecule has 1 saturated heterocycles. The standard InChI is InChI=1S/C15H24N4O2S/c1-3-13-11-19(6-8-22-13)15(16-2)18-10-14(20)17-9-12-5-4-7-21-12/h4-5,7,13H,3,6,8-11H2,1-2H3,(H,16,18)(H,17,20). The highest BCUT2D eigenvalue weighted by Crippen LogP contribution is 2.20. The number of nitrogens with zero attached hydrogens (tertiary/aromatic N) is 2. The topological polar surface area (TPSA) is 69.9 Å². The van der Waals surface area contributed by atoms with Gasteiger partial charge in [0.15, 0.2) is 5.96 Å². The van der Waals surface area contributed by atoms with Crippen LogP contribution >= 0.6 is 11.8 Å². The Bertz CT molecular complexity index is 490. The van der Waals surface area contributed by atoms with Crippen molar-refractivity contribution in [2.45, 2.75) is 25.1 Å². The molecule has 1 aliphatic heterocycles. The van der Waals surface area contributed by atoms with Gasteiger partial charge in [0.25, 0.3) is 0 Å². The second kappa shape index (κ2) is 8.73. The van der Waals surface area contributed by atoms with Crippen molar-refractivity contribution in [1.82, 2.24) is 15.5 Å². The van der Waals surface area contributed by atoms with Crippen molar-refractivity contribution in [1.29, 1.82) is 0 Å². The van der Waals surface area contributed by atoms with Crippen LogP contribution in [0.4, 0.5) is 0 Å². The number of hydrogen-bond acceptors (Lipinski definition) is 4. The lowest BCUT2D eigenvalue weighted by atomic mass is 10.3. The maximum atomic E-state index is 11.9. The number of furan rings is 1. The van der Waals surface area contributed by atoms with Gasteiger partial charge in [-0.25, -0.2) is 0 Å². The predicted molar refractivity (Wildman–Crippen MR) is 90.0 cm³/mol. The number of guanidine groups is 1. The molecule has 0 aliphatic carbocycles.